The Kier molecular flexibility index (Phi) is 4.27. The normalized spacial score (nSPS) is 11.1. The first kappa shape index (κ1) is 12.8. The topological polar surface area (TPSA) is 99.7 Å². The van der Waals surface area contributed by atoms with E-state index in [0.717, 1.165) is 6.07 Å². The summed E-state index contributed by atoms with van der Waals surface area (Å²) in [5.74, 6) is -0.867. The van der Waals surface area contributed by atoms with Crippen molar-refractivity contribution < 1.29 is 14.4 Å². The Labute approximate surface area is 97.3 Å². The number of benzene rings is 1. The molecule has 0 saturated heterocycles. The van der Waals surface area contributed by atoms with Gasteiger partial charge in [-0.15, -0.1) is 0 Å². The number of hydrogen-bond donors (Lipinski definition) is 4. The zero-order valence-corrected chi connectivity index (χ0v) is 9.20. The lowest BCUT2D eigenvalue weighted by atomic mass is 10.2. The SMILES string of the molecule is CCNC(=O)Nc1ccc(/C(N)=N/O)cc1F. The quantitative estimate of drug-likeness (QED) is 0.275. The highest BCUT2D eigenvalue weighted by atomic mass is 19.1. The summed E-state index contributed by atoms with van der Waals surface area (Å²) in [5, 5.41) is 16.0. The van der Waals surface area contributed by atoms with Crippen LogP contribution in [0.4, 0.5) is 14.9 Å². The van der Waals surface area contributed by atoms with Gasteiger partial charge >= 0.3 is 6.03 Å². The molecule has 0 bridgehead atoms. The molecule has 0 unspecified atom stereocenters. The Hall–Kier alpha value is -2.31. The van der Waals surface area contributed by atoms with Crippen LogP contribution in [-0.4, -0.2) is 23.6 Å². The Morgan fingerprint density at radius 3 is 2.82 bits per heavy atom. The van der Waals surface area contributed by atoms with Crippen molar-refractivity contribution in [3.8, 4) is 0 Å². The van der Waals surface area contributed by atoms with Gasteiger partial charge in [0.05, 0.1) is 5.69 Å². The lowest BCUT2D eigenvalue weighted by molar-refractivity contribution is 0.252. The molecule has 17 heavy (non-hydrogen) atoms. The van der Waals surface area contributed by atoms with Crippen LogP contribution in [0.25, 0.3) is 0 Å². The molecule has 2 amide bonds. The van der Waals surface area contributed by atoms with E-state index in [4.69, 9.17) is 10.9 Å². The molecule has 0 fully saturated rings. The van der Waals surface area contributed by atoms with Crippen LogP contribution in [0.5, 0.6) is 0 Å². The van der Waals surface area contributed by atoms with Crippen LogP contribution in [0.15, 0.2) is 23.4 Å². The molecule has 0 saturated carbocycles. The van der Waals surface area contributed by atoms with Gasteiger partial charge in [-0.3, -0.25) is 0 Å². The average molecular weight is 240 g/mol. The Morgan fingerprint density at radius 2 is 2.29 bits per heavy atom. The maximum Gasteiger partial charge on any atom is 0.319 e. The fraction of sp³-hybridized carbons (Fsp3) is 0.200. The van der Waals surface area contributed by atoms with Crippen molar-refractivity contribution in [1.29, 1.82) is 0 Å². The number of carbonyl (C=O) groups excluding carboxylic acids is 1. The van der Waals surface area contributed by atoms with Crippen molar-refractivity contribution >= 4 is 17.6 Å². The molecule has 6 nitrogen and oxygen atoms in total. The fourth-order valence-electron chi connectivity index (χ4n) is 1.16. The number of nitrogens with zero attached hydrogens (tertiary/aromatic N) is 1. The van der Waals surface area contributed by atoms with Crippen molar-refractivity contribution in [3.63, 3.8) is 0 Å². The van der Waals surface area contributed by atoms with Crippen molar-refractivity contribution in [1.82, 2.24) is 5.32 Å². The van der Waals surface area contributed by atoms with Crippen LogP contribution < -0.4 is 16.4 Å². The summed E-state index contributed by atoms with van der Waals surface area (Å²) in [5.41, 5.74) is 5.54. The number of amides is 2. The summed E-state index contributed by atoms with van der Waals surface area (Å²) in [7, 11) is 0. The second kappa shape index (κ2) is 5.69. The van der Waals surface area contributed by atoms with E-state index in [9.17, 15) is 9.18 Å². The minimum Gasteiger partial charge on any atom is -0.409 e. The number of halogens is 1. The van der Waals surface area contributed by atoms with Gasteiger partial charge in [-0.25, -0.2) is 9.18 Å². The van der Waals surface area contributed by atoms with Crippen LogP contribution in [-0.2, 0) is 0 Å². The van der Waals surface area contributed by atoms with E-state index in [1.54, 1.807) is 6.92 Å². The molecule has 0 aliphatic heterocycles. The number of rotatable bonds is 3. The molecule has 0 atom stereocenters. The first-order valence-corrected chi connectivity index (χ1v) is 4.90. The lowest BCUT2D eigenvalue weighted by Crippen LogP contribution is -2.28. The standard InChI is InChI=1S/C10H13FN4O2/c1-2-13-10(16)14-8-4-3-6(5-7(8)11)9(12)15-17/h3-5,17H,2H2,1H3,(H2,12,15)(H2,13,14,16). The van der Waals surface area contributed by atoms with E-state index < -0.39 is 11.8 Å². The summed E-state index contributed by atoms with van der Waals surface area (Å²) >= 11 is 0. The number of oxime groups is 1. The molecule has 0 heterocycles. The summed E-state index contributed by atoms with van der Waals surface area (Å²) in [6.45, 7) is 2.19. The molecule has 1 aromatic rings. The fourth-order valence-corrected chi connectivity index (χ4v) is 1.16. The minimum atomic E-state index is -0.666. The van der Waals surface area contributed by atoms with Gasteiger partial charge < -0.3 is 21.6 Å². The molecule has 0 aliphatic carbocycles. The first-order chi connectivity index (χ1) is 8.08. The van der Waals surface area contributed by atoms with Gasteiger partial charge in [-0.2, -0.15) is 0 Å². The second-order valence-corrected chi connectivity index (χ2v) is 3.16. The molecule has 0 spiro atoms. The van der Waals surface area contributed by atoms with Gasteiger partial charge in [0.25, 0.3) is 0 Å². The number of urea groups is 1. The number of nitrogens with two attached hydrogens (primary N) is 1. The van der Waals surface area contributed by atoms with E-state index in [-0.39, 0.29) is 17.1 Å². The van der Waals surface area contributed by atoms with E-state index in [1.807, 2.05) is 0 Å². The third-order valence-corrected chi connectivity index (χ3v) is 1.96. The Morgan fingerprint density at radius 1 is 1.59 bits per heavy atom. The predicted octanol–water partition coefficient (Wildman–Crippen LogP) is 1.06. The summed E-state index contributed by atoms with van der Waals surface area (Å²) < 4.78 is 13.5. The number of amidine groups is 1. The minimum absolute atomic E-state index is 0.0189. The number of anilines is 1. The van der Waals surface area contributed by atoms with Crippen molar-refractivity contribution in [2.24, 2.45) is 10.9 Å². The number of hydrogen-bond acceptors (Lipinski definition) is 3. The maximum atomic E-state index is 13.5. The molecule has 1 aromatic carbocycles. The second-order valence-electron chi connectivity index (χ2n) is 3.16. The number of nitrogens with one attached hydrogen (secondary N) is 2. The zero-order valence-electron chi connectivity index (χ0n) is 9.20. The molecule has 0 aromatic heterocycles. The highest BCUT2D eigenvalue weighted by Gasteiger charge is 2.08. The Balaban J connectivity index is 2.87. The smallest absolute Gasteiger partial charge is 0.319 e. The summed E-state index contributed by atoms with van der Waals surface area (Å²) in [6.07, 6.45) is 0. The van der Waals surface area contributed by atoms with E-state index >= 15 is 0 Å². The largest absolute Gasteiger partial charge is 0.409 e. The van der Waals surface area contributed by atoms with E-state index in [0.29, 0.717) is 6.54 Å². The van der Waals surface area contributed by atoms with Crippen LogP contribution in [0, 0.1) is 5.82 Å². The molecular weight excluding hydrogens is 227 g/mol. The van der Waals surface area contributed by atoms with Gasteiger partial charge in [-0.05, 0) is 25.1 Å². The lowest BCUT2D eigenvalue weighted by Gasteiger charge is -2.07. The third-order valence-electron chi connectivity index (χ3n) is 1.96. The van der Waals surface area contributed by atoms with Gasteiger partial charge in [0.2, 0.25) is 0 Å². The van der Waals surface area contributed by atoms with E-state index in [1.165, 1.54) is 12.1 Å². The van der Waals surface area contributed by atoms with Gasteiger partial charge in [0.1, 0.15) is 5.82 Å². The Bertz CT molecular complexity index is 448. The molecule has 1 rings (SSSR count). The zero-order chi connectivity index (χ0) is 12.8. The van der Waals surface area contributed by atoms with Crippen molar-refractivity contribution in [2.45, 2.75) is 6.92 Å². The third kappa shape index (κ3) is 3.33. The highest BCUT2D eigenvalue weighted by Crippen LogP contribution is 2.15. The molecule has 7 heteroatoms. The van der Waals surface area contributed by atoms with E-state index in [2.05, 4.69) is 15.8 Å². The van der Waals surface area contributed by atoms with Gasteiger partial charge in [-0.1, -0.05) is 5.16 Å². The van der Waals surface area contributed by atoms with Crippen molar-refractivity contribution in [2.75, 3.05) is 11.9 Å². The van der Waals surface area contributed by atoms with Crippen LogP contribution in [0.3, 0.4) is 0 Å². The predicted molar refractivity (Wildman–Crippen MR) is 61.6 cm³/mol. The monoisotopic (exact) mass is 240 g/mol. The molecule has 5 N–H and O–H groups in total. The summed E-state index contributed by atoms with van der Waals surface area (Å²) in [4.78, 5) is 11.2. The average Bonchev–Trinajstić information content (AvgIpc) is 2.31. The summed E-state index contributed by atoms with van der Waals surface area (Å²) in [6, 6.07) is 3.33. The first-order valence-electron chi connectivity index (χ1n) is 4.90. The molecule has 92 valence electrons. The van der Waals surface area contributed by atoms with Crippen LogP contribution >= 0.6 is 0 Å². The highest BCUT2D eigenvalue weighted by molar-refractivity contribution is 5.98. The van der Waals surface area contributed by atoms with Crippen LogP contribution in [0.1, 0.15) is 12.5 Å². The molecule has 0 aliphatic rings. The van der Waals surface area contributed by atoms with Crippen molar-refractivity contribution in [3.05, 3.63) is 29.6 Å². The van der Waals surface area contributed by atoms with Crippen LogP contribution in [0.2, 0.25) is 0 Å². The number of carbonyl (C=O) groups is 1. The van der Waals surface area contributed by atoms with Gasteiger partial charge in [0.15, 0.2) is 5.84 Å². The van der Waals surface area contributed by atoms with Gasteiger partial charge in [0, 0.05) is 12.1 Å². The molecule has 0 radical (unpaired) electrons. The maximum absolute atomic E-state index is 13.5. The molecular formula is C10H13FN4O2.